The molecule has 4 aromatic rings. The maximum absolute atomic E-state index is 15.2. The number of carbonyl (C=O) groups is 2. The van der Waals surface area contributed by atoms with Crippen molar-refractivity contribution in [3.05, 3.63) is 58.6 Å². The number of hydrogen-bond acceptors (Lipinski definition) is 13. The molecular weight excluding hydrogens is 551 g/mol. The minimum absolute atomic E-state index is 0.0136. The maximum atomic E-state index is 15.2. The Morgan fingerprint density at radius 3 is 2.80 bits per heavy atom. The number of aliphatic carboxylic acids is 2. The third-order valence-corrected chi connectivity index (χ3v) is 6.02. The van der Waals surface area contributed by atoms with Gasteiger partial charge in [0, 0.05) is 16.9 Å². The lowest BCUT2D eigenvalue weighted by Gasteiger charge is -2.25. The Hall–Kier alpha value is -5.88. The number of anilines is 1. The fourth-order valence-electron chi connectivity index (χ4n) is 4.03. The van der Waals surface area contributed by atoms with Crippen LogP contribution in [0.2, 0.25) is 0 Å². The summed E-state index contributed by atoms with van der Waals surface area (Å²) in [6.45, 7) is 0. The first-order valence-electron chi connectivity index (χ1n) is 11.4. The van der Waals surface area contributed by atoms with Crippen molar-refractivity contribution >= 4 is 34.9 Å². The molecule has 0 amide bonds. The van der Waals surface area contributed by atoms with Crippen molar-refractivity contribution in [1.82, 2.24) is 40.1 Å². The standard InChI is InChI=1S/C21H17FN12O7/c22-11-13(35)10(41-17(11)34-7-25-12-14(23)26-20(30-31-24)27-16(12)34)6-40-21(18(36)37,19(38)39)5-8-2-1-3-9(4-8)15-28-32-33-29-15/h1-4,6-7,11,13,17,35H,5H2,(H,36,37)(H,38,39)(H2,23,26,27)(H,28,29,32,33)/b10-6+/t11-,13+,17+/m0/s1. The molecule has 1 aliphatic heterocycles. The molecule has 0 spiro atoms. The van der Waals surface area contributed by atoms with Gasteiger partial charge in [-0.15, -0.1) is 10.2 Å². The third-order valence-electron chi connectivity index (χ3n) is 6.02. The average molecular weight is 568 g/mol. The van der Waals surface area contributed by atoms with Crippen LogP contribution in [0.5, 0.6) is 0 Å². The molecule has 1 saturated heterocycles. The molecule has 0 bridgehead atoms. The van der Waals surface area contributed by atoms with Crippen molar-refractivity contribution in [3.63, 3.8) is 0 Å². The molecule has 1 aliphatic rings. The summed E-state index contributed by atoms with van der Waals surface area (Å²) in [4.78, 5) is 38.7. The van der Waals surface area contributed by atoms with Crippen molar-refractivity contribution in [2.24, 2.45) is 5.11 Å². The van der Waals surface area contributed by atoms with Crippen LogP contribution in [0, 0.1) is 0 Å². The first-order valence-corrected chi connectivity index (χ1v) is 11.4. The minimum Gasteiger partial charge on any atom is -0.478 e. The van der Waals surface area contributed by atoms with Gasteiger partial charge in [-0.1, -0.05) is 18.2 Å². The van der Waals surface area contributed by atoms with E-state index in [4.69, 9.17) is 20.7 Å². The Balaban J connectivity index is 1.45. The number of nitrogens with zero attached hydrogens (tertiary/aromatic N) is 10. The molecule has 1 aromatic carbocycles. The molecular formula is C21H17FN12O7. The van der Waals surface area contributed by atoms with Gasteiger partial charge in [0.1, 0.15) is 18.1 Å². The van der Waals surface area contributed by atoms with Crippen LogP contribution in [-0.4, -0.2) is 85.3 Å². The van der Waals surface area contributed by atoms with Gasteiger partial charge in [0.25, 0.3) is 0 Å². The lowest BCUT2D eigenvalue weighted by atomic mass is 9.93. The summed E-state index contributed by atoms with van der Waals surface area (Å²) in [5, 5.41) is 46.9. The Morgan fingerprint density at radius 1 is 1.34 bits per heavy atom. The molecule has 6 N–H and O–H groups in total. The molecule has 4 heterocycles. The number of halogens is 1. The number of benzene rings is 1. The quantitative estimate of drug-likeness (QED) is 0.0612. The van der Waals surface area contributed by atoms with Crippen LogP contribution in [0.15, 0.2) is 47.7 Å². The predicted molar refractivity (Wildman–Crippen MR) is 130 cm³/mol. The zero-order chi connectivity index (χ0) is 29.3. The molecule has 20 heteroatoms. The van der Waals surface area contributed by atoms with Crippen molar-refractivity contribution in [1.29, 1.82) is 0 Å². The Bertz CT molecular complexity index is 1700. The number of nitrogens with one attached hydrogen (secondary N) is 1. The molecule has 0 aliphatic carbocycles. The molecule has 3 atom stereocenters. The van der Waals surface area contributed by atoms with Crippen LogP contribution in [0.3, 0.4) is 0 Å². The number of alkyl halides is 1. The maximum Gasteiger partial charge on any atom is 0.360 e. The van der Waals surface area contributed by atoms with Gasteiger partial charge >= 0.3 is 17.5 Å². The number of nitrogens with two attached hydrogens (primary N) is 1. The molecule has 41 heavy (non-hydrogen) atoms. The molecule has 1 fully saturated rings. The lowest BCUT2D eigenvalue weighted by molar-refractivity contribution is -0.176. The number of aromatic nitrogens is 8. The van der Waals surface area contributed by atoms with E-state index in [1.54, 1.807) is 6.07 Å². The highest BCUT2D eigenvalue weighted by Gasteiger charge is 2.50. The Morgan fingerprint density at radius 2 is 2.12 bits per heavy atom. The summed E-state index contributed by atoms with van der Waals surface area (Å²) in [6, 6.07) is 6.02. The largest absolute Gasteiger partial charge is 0.478 e. The molecule has 0 saturated carbocycles. The van der Waals surface area contributed by atoms with Gasteiger partial charge in [0.05, 0.1) is 0 Å². The van der Waals surface area contributed by atoms with E-state index in [1.807, 2.05) is 0 Å². The summed E-state index contributed by atoms with van der Waals surface area (Å²) < 4.78 is 26.9. The third kappa shape index (κ3) is 4.75. The number of H-pyrrole nitrogens is 1. The van der Waals surface area contributed by atoms with E-state index in [0.717, 1.165) is 10.9 Å². The number of aromatic amines is 1. The first-order chi connectivity index (χ1) is 19.6. The van der Waals surface area contributed by atoms with E-state index in [9.17, 15) is 24.9 Å². The first kappa shape index (κ1) is 26.7. The summed E-state index contributed by atoms with van der Waals surface area (Å²) in [6.07, 6.45) is -4.91. The lowest BCUT2D eigenvalue weighted by Crippen LogP contribution is -2.50. The van der Waals surface area contributed by atoms with E-state index in [-0.39, 0.29) is 34.3 Å². The zero-order valence-corrected chi connectivity index (χ0v) is 20.3. The van der Waals surface area contributed by atoms with Gasteiger partial charge in [-0.3, -0.25) is 4.57 Å². The summed E-state index contributed by atoms with van der Waals surface area (Å²) in [5.74, 6) is -4.77. The molecule has 0 unspecified atom stereocenters. The fraction of sp³-hybridized carbons (Fsp3) is 0.238. The normalized spacial score (nSPS) is 19.6. The van der Waals surface area contributed by atoms with Crippen LogP contribution < -0.4 is 5.73 Å². The van der Waals surface area contributed by atoms with Crippen molar-refractivity contribution in [3.8, 4) is 11.4 Å². The number of rotatable bonds is 9. The smallest absolute Gasteiger partial charge is 0.360 e. The van der Waals surface area contributed by atoms with Crippen LogP contribution in [-0.2, 0) is 25.5 Å². The molecule has 0 radical (unpaired) electrons. The van der Waals surface area contributed by atoms with Gasteiger partial charge in [-0.05, 0) is 27.5 Å². The molecule has 19 nitrogen and oxygen atoms in total. The van der Waals surface area contributed by atoms with Gasteiger partial charge in [0.2, 0.25) is 18.0 Å². The monoisotopic (exact) mass is 568 g/mol. The highest BCUT2D eigenvalue weighted by Crippen LogP contribution is 2.37. The van der Waals surface area contributed by atoms with Crippen molar-refractivity contribution < 1.29 is 38.8 Å². The molecule has 210 valence electrons. The van der Waals surface area contributed by atoms with Gasteiger partial charge in [-0.2, -0.15) is 5.21 Å². The number of ether oxygens (including phenoxy) is 2. The molecule has 5 rings (SSSR count). The van der Waals surface area contributed by atoms with Gasteiger partial charge in [0.15, 0.2) is 29.5 Å². The van der Waals surface area contributed by atoms with Crippen molar-refractivity contribution in [2.75, 3.05) is 5.73 Å². The van der Waals surface area contributed by atoms with E-state index in [2.05, 4.69) is 45.6 Å². The second-order valence-corrected chi connectivity index (χ2v) is 8.51. The number of imidazole rings is 1. The predicted octanol–water partition coefficient (Wildman–Crippen LogP) is 0.767. The van der Waals surface area contributed by atoms with Crippen LogP contribution >= 0.6 is 0 Å². The van der Waals surface area contributed by atoms with Crippen molar-refractivity contribution in [2.45, 2.75) is 30.5 Å². The average Bonchev–Trinajstić information content (AvgIpc) is 3.68. The Kier molecular flexibility index (Phi) is 6.75. The summed E-state index contributed by atoms with van der Waals surface area (Å²) in [5.41, 5.74) is 12.1. The zero-order valence-electron chi connectivity index (χ0n) is 20.3. The number of carboxylic acid groups (broad SMARTS) is 2. The number of tetrazole rings is 1. The fourth-order valence-corrected chi connectivity index (χ4v) is 4.03. The van der Waals surface area contributed by atoms with E-state index < -0.39 is 48.2 Å². The number of fused-ring (bicyclic) bond motifs is 1. The number of aliphatic hydroxyl groups is 1. The van der Waals surface area contributed by atoms with E-state index >= 15 is 4.39 Å². The van der Waals surface area contributed by atoms with Gasteiger partial charge in [-0.25, -0.2) is 28.9 Å². The summed E-state index contributed by atoms with van der Waals surface area (Å²) in [7, 11) is 0. The highest BCUT2D eigenvalue weighted by molar-refractivity contribution is 6.02. The second-order valence-electron chi connectivity index (χ2n) is 8.51. The number of carboxylic acids is 2. The SMILES string of the molecule is [N-]=[N+]=Nc1nc(N)c2ncn([C@@H]3O/C(=C/OC(Cc4cccc(-c5nn[nH]n5)c4)(C(=O)O)C(=O)O)[C@@H](O)[C@@H]3F)c2n1. The van der Waals surface area contributed by atoms with E-state index in [0.29, 0.717) is 11.8 Å². The number of hydrogen-bond donors (Lipinski definition) is 5. The van der Waals surface area contributed by atoms with Crippen LogP contribution in [0.4, 0.5) is 16.2 Å². The van der Waals surface area contributed by atoms with E-state index in [1.165, 1.54) is 18.2 Å². The second kappa shape index (κ2) is 10.4. The number of nitrogen functional groups attached to an aromatic ring is 1. The summed E-state index contributed by atoms with van der Waals surface area (Å²) >= 11 is 0. The molecule has 3 aromatic heterocycles. The number of aliphatic hydroxyl groups excluding tert-OH is 1. The number of azide groups is 1. The Labute approximate surface area is 225 Å². The van der Waals surface area contributed by atoms with Crippen LogP contribution in [0.25, 0.3) is 33.0 Å². The minimum atomic E-state index is -2.91. The topological polar surface area (TPSA) is 286 Å². The van der Waals surface area contributed by atoms with Gasteiger partial charge < -0.3 is 30.5 Å². The highest BCUT2D eigenvalue weighted by atomic mass is 19.1. The van der Waals surface area contributed by atoms with Crippen LogP contribution in [0.1, 0.15) is 11.8 Å².